The molecule has 0 saturated carbocycles. The summed E-state index contributed by atoms with van der Waals surface area (Å²) in [7, 11) is 0. The second kappa shape index (κ2) is 21.3. The van der Waals surface area contributed by atoms with E-state index in [1.54, 1.807) is 0 Å². The Morgan fingerprint density at radius 2 is 1.12 bits per heavy atom. The summed E-state index contributed by atoms with van der Waals surface area (Å²) in [5.74, 6) is -2.87. The van der Waals surface area contributed by atoms with Crippen molar-refractivity contribution in [2.75, 3.05) is 0 Å². The van der Waals surface area contributed by atoms with Gasteiger partial charge in [0.2, 0.25) is 0 Å². The molecule has 3 N–H and O–H groups in total. The van der Waals surface area contributed by atoms with Gasteiger partial charge in [-0.25, -0.2) is 4.79 Å². The summed E-state index contributed by atoms with van der Waals surface area (Å²) < 4.78 is 0. The molecule has 0 aromatic rings. The van der Waals surface area contributed by atoms with E-state index in [1.165, 1.54) is 70.6 Å². The van der Waals surface area contributed by atoms with Gasteiger partial charge in [0.1, 0.15) is 0 Å². The molecule has 0 aliphatic rings. The monoisotopic (exact) mass is 370 g/mol. The zero-order valence-corrected chi connectivity index (χ0v) is 16.4. The van der Waals surface area contributed by atoms with Gasteiger partial charge in [-0.2, -0.15) is 0 Å². The highest BCUT2D eigenvalue weighted by atomic mass is 16.4. The Morgan fingerprint density at radius 1 is 0.731 bits per heavy atom. The van der Waals surface area contributed by atoms with Crippen molar-refractivity contribution in [3.8, 4) is 0 Å². The number of allylic oxidation sites excluding steroid dienone is 2. The Balaban J connectivity index is 0. The fraction of sp³-hybridized carbons (Fsp3) is 0.714. The van der Waals surface area contributed by atoms with Crippen LogP contribution in [0.15, 0.2) is 24.5 Å². The molecule has 5 nitrogen and oxygen atoms in total. The third-order valence-corrected chi connectivity index (χ3v) is 3.90. The van der Waals surface area contributed by atoms with Crippen molar-refractivity contribution in [2.45, 2.75) is 96.8 Å². The largest absolute Gasteiger partial charge is 0.502 e. The average molecular weight is 371 g/mol. The van der Waals surface area contributed by atoms with Crippen LogP contribution in [-0.2, 0) is 9.59 Å². The molecule has 0 heterocycles. The van der Waals surface area contributed by atoms with Crippen molar-refractivity contribution < 1.29 is 24.9 Å². The highest BCUT2D eigenvalue weighted by molar-refractivity contribution is 5.82. The van der Waals surface area contributed by atoms with Gasteiger partial charge in [-0.15, -0.1) is 0 Å². The lowest BCUT2D eigenvalue weighted by Gasteiger charge is -1.99. The Kier molecular flexibility index (Phi) is 21.6. The highest BCUT2D eigenvalue weighted by Crippen LogP contribution is 2.09. The number of aliphatic hydroxyl groups is 1. The Bertz CT molecular complexity index is 376. The number of hydrogen-bond donors (Lipinski definition) is 3. The van der Waals surface area contributed by atoms with Crippen LogP contribution < -0.4 is 0 Å². The summed E-state index contributed by atoms with van der Waals surface area (Å²) in [6.07, 6.45) is 21.2. The van der Waals surface area contributed by atoms with E-state index in [4.69, 9.17) is 15.3 Å². The molecule has 0 unspecified atom stereocenters. The predicted molar refractivity (Wildman–Crippen MR) is 106 cm³/mol. The van der Waals surface area contributed by atoms with Crippen LogP contribution >= 0.6 is 0 Å². The molecule has 0 fully saturated rings. The SMILES string of the molecule is C=C(O)C(=O)O.CCCCCCCC/C=C\CCCCCCCC(=O)O. The van der Waals surface area contributed by atoms with Crippen molar-refractivity contribution in [2.24, 2.45) is 0 Å². The van der Waals surface area contributed by atoms with Gasteiger partial charge in [-0.05, 0) is 38.7 Å². The van der Waals surface area contributed by atoms with Crippen LogP contribution in [0.4, 0.5) is 0 Å². The summed E-state index contributed by atoms with van der Waals surface area (Å²) in [5.41, 5.74) is 0. The van der Waals surface area contributed by atoms with E-state index in [-0.39, 0.29) is 0 Å². The molecule has 0 aliphatic heterocycles. The van der Waals surface area contributed by atoms with Crippen LogP contribution in [0.25, 0.3) is 0 Å². The number of carbonyl (C=O) groups is 2. The van der Waals surface area contributed by atoms with Crippen LogP contribution in [0.3, 0.4) is 0 Å². The number of aliphatic carboxylic acids is 2. The van der Waals surface area contributed by atoms with Gasteiger partial charge in [-0.1, -0.05) is 70.4 Å². The van der Waals surface area contributed by atoms with E-state index >= 15 is 0 Å². The van der Waals surface area contributed by atoms with Gasteiger partial charge in [0.15, 0.2) is 5.76 Å². The topological polar surface area (TPSA) is 94.8 Å². The fourth-order valence-electron chi connectivity index (χ4n) is 2.35. The van der Waals surface area contributed by atoms with E-state index in [0.29, 0.717) is 6.42 Å². The first-order valence-electron chi connectivity index (χ1n) is 9.89. The number of hydrogen-bond acceptors (Lipinski definition) is 3. The number of carboxylic acids is 2. The lowest BCUT2D eigenvalue weighted by molar-refractivity contribution is -0.137. The van der Waals surface area contributed by atoms with E-state index in [0.717, 1.165) is 12.8 Å². The molecule has 0 aromatic carbocycles. The summed E-state index contributed by atoms with van der Waals surface area (Å²) in [5, 5.41) is 24.0. The highest BCUT2D eigenvalue weighted by Gasteiger charge is 1.96. The van der Waals surface area contributed by atoms with E-state index in [9.17, 15) is 9.59 Å². The van der Waals surface area contributed by atoms with Crippen molar-refractivity contribution in [3.63, 3.8) is 0 Å². The van der Waals surface area contributed by atoms with Crippen LogP contribution in [0.5, 0.6) is 0 Å². The number of unbranched alkanes of at least 4 members (excludes halogenated alkanes) is 11. The standard InChI is InChI=1S/C18H34O2.C3H4O3/c1-2-3-4-5-6-7-8-9-10-11-12-13-14-15-16-17-18(19)20;1-2(4)3(5)6/h9-10H,2-8,11-17H2,1H3,(H,19,20);4H,1H2,(H,5,6)/b10-9-;. The van der Waals surface area contributed by atoms with Crippen molar-refractivity contribution in [1.29, 1.82) is 0 Å². The van der Waals surface area contributed by atoms with E-state index in [2.05, 4.69) is 25.7 Å². The van der Waals surface area contributed by atoms with Crippen molar-refractivity contribution in [3.05, 3.63) is 24.5 Å². The zero-order valence-electron chi connectivity index (χ0n) is 16.4. The molecular formula is C21H38O5. The van der Waals surface area contributed by atoms with Crippen LogP contribution in [0.1, 0.15) is 96.8 Å². The van der Waals surface area contributed by atoms with E-state index < -0.39 is 17.7 Å². The molecule has 152 valence electrons. The van der Waals surface area contributed by atoms with Gasteiger partial charge in [0.25, 0.3) is 0 Å². The molecule has 0 amide bonds. The minimum absolute atomic E-state index is 0.332. The first kappa shape index (κ1) is 26.4. The molecular weight excluding hydrogens is 332 g/mol. The molecule has 0 spiro atoms. The summed E-state index contributed by atoms with van der Waals surface area (Å²) in [4.78, 5) is 19.7. The maximum Gasteiger partial charge on any atom is 0.370 e. The molecule has 0 radical (unpaired) electrons. The smallest absolute Gasteiger partial charge is 0.370 e. The normalized spacial score (nSPS) is 10.3. The number of carboxylic acid groups (broad SMARTS) is 2. The van der Waals surface area contributed by atoms with E-state index in [1.807, 2.05) is 0 Å². The van der Waals surface area contributed by atoms with Crippen LogP contribution in [-0.4, -0.2) is 27.3 Å². The average Bonchev–Trinajstić information content (AvgIpc) is 2.58. The summed E-state index contributed by atoms with van der Waals surface area (Å²) in [6.45, 7) is 4.97. The van der Waals surface area contributed by atoms with Gasteiger partial charge in [0.05, 0.1) is 0 Å². The molecule has 0 rings (SSSR count). The van der Waals surface area contributed by atoms with Crippen molar-refractivity contribution >= 4 is 11.9 Å². The maximum absolute atomic E-state index is 10.3. The van der Waals surface area contributed by atoms with Gasteiger partial charge < -0.3 is 15.3 Å². The first-order valence-corrected chi connectivity index (χ1v) is 9.89. The maximum atomic E-state index is 10.3. The van der Waals surface area contributed by atoms with Gasteiger partial charge in [-0.3, -0.25) is 4.79 Å². The number of aliphatic hydroxyl groups excluding tert-OH is 1. The molecule has 0 saturated heterocycles. The second-order valence-electron chi connectivity index (χ2n) is 6.48. The summed E-state index contributed by atoms with van der Waals surface area (Å²) in [6, 6.07) is 0. The Morgan fingerprint density at radius 3 is 1.50 bits per heavy atom. The van der Waals surface area contributed by atoms with Crippen molar-refractivity contribution in [1.82, 2.24) is 0 Å². The lowest BCUT2D eigenvalue weighted by Crippen LogP contribution is -1.95. The third-order valence-electron chi connectivity index (χ3n) is 3.90. The number of rotatable bonds is 16. The Hall–Kier alpha value is -1.78. The minimum Gasteiger partial charge on any atom is -0.502 e. The summed E-state index contributed by atoms with van der Waals surface area (Å²) >= 11 is 0. The van der Waals surface area contributed by atoms with Crippen LogP contribution in [0.2, 0.25) is 0 Å². The van der Waals surface area contributed by atoms with Gasteiger partial charge >= 0.3 is 11.9 Å². The second-order valence-corrected chi connectivity index (χ2v) is 6.48. The molecule has 26 heavy (non-hydrogen) atoms. The fourth-order valence-corrected chi connectivity index (χ4v) is 2.35. The molecule has 0 aromatic heterocycles. The third kappa shape index (κ3) is 27.1. The quantitative estimate of drug-likeness (QED) is 0.129. The predicted octanol–water partition coefficient (Wildman–Crippen LogP) is 6.25. The molecule has 0 bridgehead atoms. The van der Waals surface area contributed by atoms with Gasteiger partial charge in [0, 0.05) is 6.42 Å². The minimum atomic E-state index is -1.38. The molecule has 5 heteroatoms. The first-order chi connectivity index (χ1) is 12.4. The van der Waals surface area contributed by atoms with Crippen LogP contribution in [0, 0.1) is 0 Å². The Labute approximate surface area is 158 Å². The zero-order chi connectivity index (χ0) is 20.0. The molecule has 0 atom stereocenters. The lowest BCUT2D eigenvalue weighted by atomic mass is 10.1. The molecule has 0 aliphatic carbocycles.